The Morgan fingerprint density at radius 3 is 2.29 bits per heavy atom. The third-order valence-electron chi connectivity index (χ3n) is 3.26. The number of carbonyl (C=O) groups excluding carboxylic acids is 1. The van der Waals surface area contributed by atoms with Gasteiger partial charge in [0, 0.05) is 26.1 Å². The number of rotatable bonds is 7. The Kier molecular flexibility index (Phi) is 6.32. The van der Waals surface area contributed by atoms with Crippen molar-refractivity contribution in [3.8, 4) is 0 Å². The fraction of sp³-hybridized carbons (Fsp3) is 0.500. The smallest absolute Gasteiger partial charge is 0.240 e. The highest BCUT2D eigenvalue weighted by atomic mass is 32.2. The van der Waals surface area contributed by atoms with Gasteiger partial charge in [-0.3, -0.25) is 4.79 Å². The molecule has 1 aromatic carbocycles. The molecule has 0 aliphatic carbocycles. The quantitative estimate of drug-likeness (QED) is 0.687. The van der Waals surface area contributed by atoms with E-state index >= 15 is 0 Å². The molecule has 0 saturated carbocycles. The molecule has 0 aromatic heterocycles. The van der Waals surface area contributed by atoms with Crippen molar-refractivity contribution in [2.24, 2.45) is 5.92 Å². The summed E-state index contributed by atoms with van der Waals surface area (Å²) in [6.07, 6.45) is 0. The van der Waals surface area contributed by atoms with Crippen LogP contribution in [0.25, 0.3) is 0 Å². The van der Waals surface area contributed by atoms with E-state index in [9.17, 15) is 13.2 Å². The maximum Gasteiger partial charge on any atom is 0.240 e. The molecule has 0 saturated heterocycles. The van der Waals surface area contributed by atoms with Crippen LogP contribution in [0.3, 0.4) is 0 Å². The lowest BCUT2D eigenvalue weighted by atomic mass is 10.1. The van der Waals surface area contributed by atoms with Gasteiger partial charge in [0.1, 0.15) is 0 Å². The number of aliphatic hydroxyl groups is 1. The summed E-state index contributed by atoms with van der Waals surface area (Å²) in [4.78, 5) is 11.0. The first-order valence-corrected chi connectivity index (χ1v) is 8.21. The van der Waals surface area contributed by atoms with E-state index in [-0.39, 0.29) is 29.4 Å². The van der Waals surface area contributed by atoms with Gasteiger partial charge in [0.15, 0.2) is 0 Å². The van der Waals surface area contributed by atoms with Crippen molar-refractivity contribution in [3.05, 3.63) is 29.8 Å². The molecule has 0 bridgehead atoms. The summed E-state index contributed by atoms with van der Waals surface area (Å²) in [5.41, 5.74) is 0.820. The number of aliphatic hydroxyl groups excluding tert-OH is 1. The molecule has 1 amide bonds. The number of hydrogen-bond donors (Lipinski definition) is 3. The predicted octanol–water partition coefficient (Wildman–Crippen LogP) is 0.618. The third kappa shape index (κ3) is 5.45. The molecule has 7 heteroatoms. The fourth-order valence-electron chi connectivity index (χ4n) is 1.60. The average molecular weight is 314 g/mol. The van der Waals surface area contributed by atoms with Crippen LogP contribution in [-0.4, -0.2) is 32.1 Å². The number of carbonyl (C=O) groups is 1. The van der Waals surface area contributed by atoms with E-state index in [1.807, 2.05) is 0 Å². The van der Waals surface area contributed by atoms with E-state index in [1.54, 1.807) is 26.0 Å². The van der Waals surface area contributed by atoms with Gasteiger partial charge < -0.3 is 10.4 Å². The van der Waals surface area contributed by atoms with Crippen molar-refractivity contribution < 1.29 is 18.3 Å². The molecule has 0 spiro atoms. The van der Waals surface area contributed by atoms with Gasteiger partial charge in [-0.2, -0.15) is 0 Å². The van der Waals surface area contributed by atoms with Gasteiger partial charge >= 0.3 is 0 Å². The summed E-state index contributed by atoms with van der Waals surface area (Å²) in [6.45, 7) is 5.18. The van der Waals surface area contributed by atoms with Crippen LogP contribution >= 0.6 is 0 Å². The van der Waals surface area contributed by atoms with Crippen LogP contribution in [0.2, 0.25) is 0 Å². The lowest BCUT2D eigenvalue weighted by Crippen LogP contribution is -2.38. The van der Waals surface area contributed by atoms with Gasteiger partial charge in [-0.05, 0) is 30.5 Å². The highest BCUT2D eigenvalue weighted by molar-refractivity contribution is 7.89. The minimum absolute atomic E-state index is 0.0840. The predicted molar refractivity (Wildman–Crippen MR) is 80.0 cm³/mol. The van der Waals surface area contributed by atoms with Crippen molar-refractivity contribution in [2.75, 3.05) is 6.61 Å². The minimum atomic E-state index is -3.61. The third-order valence-corrected chi connectivity index (χ3v) is 4.83. The number of hydrogen-bond acceptors (Lipinski definition) is 4. The van der Waals surface area contributed by atoms with Crippen molar-refractivity contribution in [1.82, 2.24) is 10.0 Å². The molecule has 21 heavy (non-hydrogen) atoms. The molecule has 0 radical (unpaired) electrons. The van der Waals surface area contributed by atoms with Crippen LogP contribution in [0.15, 0.2) is 29.2 Å². The normalized spacial score (nSPS) is 14.5. The van der Waals surface area contributed by atoms with E-state index in [2.05, 4.69) is 10.0 Å². The van der Waals surface area contributed by atoms with Crippen LogP contribution < -0.4 is 10.0 Å². The standard InChI is InChI=1S/C14H22N2O4S/c1-10(9-17)11(2)16-21(19,20)14-6-4-13(5-7-14)8-15-12(3)18/h4-7,10-11,16-17H,8-9H2,1-3H3,(H,15,18). The molecule has 2 atom stereocenters. The minimum Gasteiger partial charge on any atom is -0.396 e. The molecule has 2 unspecified atom stereocenters. The zero-order valence-electron chi connectivity index (χ0n) is 12.5. The summed E-state index contributed by atoms with van der Waals surface area (Å²) in [6, 6.07) is 5.94. The molecule has 118 valence electrons. The average Bonchev–Trinajstić information content (AvgIpc) is 2.44. The largest absolute Gasteiger partial charge is 0.396 e. The molecule has 0 heterocycles. The molecule has 3 N–H and O–H groups in total. The van der Waals surface area contributed by atoms with Crippen LogP contribution in [0.5, 0.6) is 0 Å². The van der Waals surface area contributed by atoms with E-state index in [0.717, 1.165) is 5.56 Å². The van der Waals surface area contributed by atoms with Crippen molar-refractivity contribution >= 4 is 15.9 Å². The van der Waals surface area contributed by atoms with Crippen LogP contribution in [0.4, 0.5) is 0 Å². The monoisotopic (exact) mass is 314 g/mol. The zero-order chi connectivity index (χ0) is 16.0. The van der Waals surface area contributed by atoms with Gasteiger partial charge in [-0.15, -0.1) is 0 Å². The van der Waals surface area contributed by atoms with Crippen LogP contribution in [0.1, 0.15) is 26.3 Å². The topological polar surface area (TPSA) is 95.5 Å². The van der Waals surface area contributed by atoms with Crippen molar-refractivity contribution in [3.63, 3.8) is 0 Å². The lowest BCUT2D eigenvalue weighted by molar-refractivity contribution is -0.119. The maximum atomic E-state index is 12.2. The summed E-state index contributed by atoms with van der Waals surface area (Å²) in [5.74, 6) is -0.306. The van der Waals surface area contributed by atoms with Gasteiger partial charge in [0.05, 0.1) is 4.90 Å². The Morgan fingerprint density at radius 1 is 1.24 bits per heavy atom. The van der Waals surface area contributed by atoms with Crippen LogP contribution in [0, 0.1) is 5.92 Å². The van der Waals surface area contributed by atoms with Crippen molar-refractivity contribution in [1.29, 1.82) is 0 Å². The van der Waals surface area contributed by atoms with Gasteiger partial charge in [0.25, 0.3) is 0 Å². The second-order valence-corrected chi connectivity index (χ2v) is 6.84. The summed E-state index contributed by atoms with van der Waals surface area (Å²) < 4.78 is 26.9. The first-order chi connectivity index (χ1) is 9.76. The lowest BCUT2D eigenvalue weighted by Gasteiger charge is -2.19. The van der Waals surface area contributed by atoms with E-state index in [1.165, 1.54) is 19.1 Å². The Hall–Kier alpha value is -1.44. The van der Waals surface area contributed by atoms with E-state index in [0.29, 0.717) is 6.54 Å². The summed E-state index contributed by atoms with van der Waals surface area (Å²) >= 11 is 0. The molecule has 0 aliphatic rings. The Bertz CT molecular complexity index is 569. The summed E-state index contributed by atoms with van der Waals surface area (Å²) in [7, 11) is -3.61. The highest BCUT2D eigenvalue weighted by Gasteiger charge is 2.20. The van der Waals surface area contributed by atoms with Gasteiger partial charge in [0.2, 0.25) is 15.9 Å². The highest BCUT2D eigenvalue weighted by Crippen LogP contribution is 2.13. The second kappa shape index (κ2) is 7.53. The number of amides is 1. The van der Waals surface area contributed by atoms with Crippen molar-refractivity contribution in [2.45, 2.75) is 38.3 Å². The fourth-order valence-corrected chi connectivity index (χ4v) is 2.95. The first-order valence-electron chi connectivity index (χ1n) is 6.73. The zero-order valence-corrected chi connectivity index (χ0v) is 13.3. The molecule has 0 fully saturated rings. The Morgan fingerprint density at radius 2 is 1.81 bits per heavy atom. The van der Waals surface area contributed by atoms with Crippen LogP contribution in [-0.2, 0) is 21.4 Å². The Labute approximate surface area is 125 Å². The number of nitrogens with one attached hydrogen (secondary N) is 2. The molecular formula is C14H22N2O4S. The molecule has 6 nitrogen and oxygen atoms in total. The van der Waals surface area contributed by atoms with Gasteiger partial charge in [-0.25, -0.2) is 13.1 Å². The SMILES string of the molecule is CC(=O)NCc1ccc(S(=O)(=O)NC(C)C(C)CO)cc1. The second-order valence-electron chi connectivity index (χ2n) is 5.12. The van der Waals surface area contributed by atoms with E-state index in [4.69, 9.17) is 5.11 Å². The molecule has 0 aliphatic heterocycles. The number of sulfonamides is 1. The maximum absolute atomic E-state index is 12.2. The van der Waals surface area contributed by atoms with Gasteiger partial charge in [-0.1, -0.05) is 19.1 Å². The molecule has 1 aromatic rings. The Balaban J connectivity index is 2.78. The summed E-state index contributed by atoms with van der Waals surface area (Å²) in [5, 5.41) is 11.7. The molecule has 1 rings (SSSR count). The van der Waals surface area contributed by atoms with E-state index < -0.39 is 10.0 Å². The first kappa shape index (κ1) is 17.6. The number of benzene rings is 1. The molecular weight excluding hydrogens is 292 g/mol.